The van der Waals surface area contributed by atoms with E-state index >= 15 is 0 Å². The van der Waals surface area contributed by atoms with Gasteiger partial charge >= 0.3 is 5.97 Å². The number of nitrogens with zero attached hydrogens (tertiary/aromatic N) is 1. The van der Waals surface area contributed by atoms with Crippen LogP contribution in [0.15, 0.2) is 11.2 Å². The Kier molecular flexibility index (Phi) is 5.32. The highest BCUT2D eigenvalue weighted by Crippen LogP contribution is 2.15. The van der Waals surface area contributed by atoms with Crippen molar-refractivity contribution in [2.75, 3.05) is 26.2 Å². The summed E-state index contributed by atoms with van der Waals surface area (Å²) in [5, 5.41) is 8.96. The third-order valence-electron chi connectivity index (χ3n) is 3.38. The first-order chi connectivity index (χ1) is 10.0. The molecular weight excluding hydrogens is 296 g/mol. The highest BCUT2D eigenvalue weighted by Gasteiger charge is 2.26. The summed E-state index contributed by atoms with van der Waals surface area (Å²) in [7, 11) is -3.79. The SMILES string of the molecule is CCOC(=O)c1cn[nH]c1S(=O)(=O)NCCC1CCNC1. The van der Waals surface area contributed by atoms with Crippen LogP contribution >= 0.6 is 0 Å². The molecule has 1 atom stereocenters. The average Bonchev–Trinajstić information content (AvgIpc) is 3.10. The lowest BCUT2D eigenvalue weighted by atomic mass is 10.1. The zero-order valence-corrected chi connectivity index (χ0v) is 12.7. The van der Waals surface area contributed by atoms with E-state index in [4.69, 9.17) is 4.74 Å². The average molecular weight is 316 g/mol. The number of carbonyl (C=O) groups excluding carboxylic acids is 1. The maximum absolute atomic E-state index is 12.2. The van der Waals surface area contributed by atoms with Gasteiger partial charge in [0, 0.05) is 6.54 Å². The number of esters is 1. The van der Waals surface area contributed by atoms with Crippen molar-refractivity contribution in [1.29, 1.82) is 0 Å². The van der Waals surface area contributed by atoms with Gasteiger partial charge in [-0.15, -0.1) is 0 Å². The Balaban J connectivity index is 1.98. The van der Waals surface area contributed by atoms with E-state index < -0.39 is 16.0 Å². The van der Waals surface area contributed by atoms with Gasteiger partial charge in [-0.1, -0.05) is 0 Å². The van der Waals surface area contributed by atoms with Crippen LogP contribution in [-0.4, -0.2) is 50.8 Å². The van der Waals surface area contributed by atoms with Crippen LogP contribution in [0.4, 0.5) is 0 Å². The molecule has 0 bridgehead atoms. The Bertz CT molecular complexity index is 578. The first-order valence-corrected chi connectivity index (χ1v) is 8.43. The van der Waals surface area contributed by atoms with Gasteiger partial charge in [0.1, 0.15) is 5.56 Å². The predicted molar refractivity (Wildman–Crippen MR) is 75.3 cm³/mol. The molecule has 2 heterocycles. The normalized spacial score (nSPS) is 18.8. The minimum absolute atomic E-state index is 0.0770. The minimum atomic E-state index is -3.79. The number of rotatable bonds is 7. The Morgan fingerprint density at radius 2 is 2.38 bits per heavy atom. The number of aromatic nitrogens is 2. The number of hydrogen-bond acceptors (Lipinski definition) is 6. The van der Waals surface area contributed by atoms with Crippen LogP contribution in [0.3, 0.4) is 0 Å². The first-order valence-electron chi connectivity index (χ1n) is 6.95. The molecule has 118 valence electrons. The molecule has 1 aromatic rings. The van der Waals surface area contributed by atoms with Crippen molar-refractivity contribution in [2.45, 2.75) is 24.8 Å². The maximum Gasteiger partial charge on any atom is 0.342 e. The second-order valence-corrected chi connectivity index (χ2v) is 6.58. The predicted octanol–water partition coefficient (Wildman–Crippen LogP) is -0.136. The van der Waals surface area contributed by atoms with Crippen LogP contribution in [0.2, 0.25) is 0 Å². The highest BCUT2D eigenvalue weighted by molar-refractivity contribution is 7.89. The fraction of sp³-hybridized carbons (Fsp3) is 0.667. The van der Waals surface area contributed by atoms with Gasteiger partial charge in [0.2, 0.25) is 0 Å². The number of hydrogen-bond donors (Lipinski definition) is 3. The summed E-state index contributed by atoms with van der Waals surface area (Å²) in [6.45, 7) is 4.05. The van der Waals surface area contributed by atoms with E-state index in [2.05, 4.69) is 20.2 Å². The van der Waals surface area contributed by atoms with Crippen molar-refractivity contribution in [3.05, 3.63) is 11.8 Å². The molecule has 0 aromatic carbocycles. The third-order valence-corrected chi connectivity index (χ3v) is 4.81. The van der Waals surface area contributed by atoms with Crippen LogP contribution in [0.5, 0.6) is 0 Å². The van der Waals surface area contributed by atoms with Crippen molar-refractivity contribution >= 4 is 16.0 Å². The molecule has 0 amide bonds. The molecule has 0 radical (unpaired) electrons. The van der Waals surface area contributed by atoms with E-state index in [1.54, 1.807) is 6.92 Å². The molecule has 1 aliphatic heterocycles. The summed E-state index contributed by atoms with van der Waals surface area (Å²) >= 11 is 0. The third kappa shape index (κ3) is 4.02. The quantitative estimate of drug-likeness (QED) is 0.604. The zero-order valence-electron chi connectivity index (χ0n) is 11.9. The number of carbonyl (C=O) groups is 1. The molecule has 9 heteroatoms. The van der Waals surface area contributed by atoms with Gasteiger partial charge in [0.05, 0.1) is 12.8 Å². The molecular formula is C12H20N4O4S. The van der Waals surface area contributed by atoms with E-state index in [0.717, 1.165) is 32.1 Å². The van der Waals surface area contributed by atoms with E-state index in [1.807, 2.05) is 0 Å². The molecule has 0 spiro atoms. The Morgan fingerprint density at radius 3 is 3.05 bits per heavy atom. The summed E-state index contributed by atoms with van der Waals surface area (Å²) in [5.41, 5.74) is -0.0770. The number of ether oxygens (including phenoxy) is 1. The fourth-order valence-electron chi connectivity index (χ4n) is 2.26. The molecule has 2 rings (SSSR count). The van der Waals surface area contributed by atoms with Crippen LogP contribution < -0.4 is 10.0 Å². The first kappa shape index (κ1) is 15.9. The Hall–Kier alpha value is -1.45. The molecule has 1 unspecified atom stereocenters. The number of nitrogens with one attached hydrogen (secondary N) is 3. The lowest BCUT2D eigenvalue weighted by molar-refractivity contribution is 0.0522. The van der Waals surface area contributed by atoms with E-state index in [-0.39, 0.29) is 17.2 Å². The van der Waals surface area contributed by atoms with Crippen molar-refractivity contribution in [3.8, 4) is 0 Å². The monoisotopic (exact) mass is 316 g/mol. The minimum Gasteiger partial charge on any atom is -0.462 e. The van der Waals surface area contributed by atoms with Crippen LogP contribution in [0.25, 0.3) is 0 Å². The molecule has 1 aromatic heterocycles. The molecule has 3 N–H and O–H groups in total. The summed E-state index contributed by atoms with van der Waals surface area (Å²) in [6, 6.07) is 0. The van der Waals surface area contributed by atoms with Crippen LogP contribution in [-0.2, 0) is 14.8 Å². The second kappa shape index (κ2) is 7.01. The van der Waals surface area contributed by atoms with Gasteiger partial charge in [-0.3, -0.25) is 5.10 Å². The zero-order chi connectivity index (χ0) is 15.3. The van der Waals surface area contributed by atoms with Gasteiger partial charge in [-0.25, -0.2) is 17.9 Å². The largest absolute Gasteiger partial charge is 0.462 e. The lowest BCUT2D eigenvalue weighted by Gasteiger charge is -2.10. The van der Waals surface area contributed by atoms with E-state index in [1.165, 1.54) is 0 Å². The summed E-state index contributed by atoms with van der Waals surface area (Å²) in [5.74, 6) is -0.217. The topological polar surface area (TPSA) is 113 Å². The summed E-state index contributed by atoms with van der Waals surface area (Å²) in [4.78, 5) is 11.7. The number of sulfonamides is 1. The van der Waals surface area contributed by atoms with E-state index in [9.17, 15) is 13.2 Å². The van der Waals surface area contributed by atoms with Gasteiger partial charge in [0.15, 0.2) is 5.03 Å². The number of aromatic amines is 1. The fourth-order valence-corrected chi connectivity index (χ4v) is 3.39. The Labute approximate surface area is 123 Å². The van der Waals surface area contributed by atoms with Crippen molar-refractivity contribution in [2.24, 2.45) is 5.92 Å². The molecule has 1 fully saturated rings. The molecule has 1 aliphatic rings. The van der Waals surface area contributed by atoms with Crippen LogP contribution in [0.1, 0.15) is 30.1 Å². The standard InChI is InChI=1S/C12H20N4O4S/c1-2-20-12(17)10-8-14-16-11(10)21(18,19)15-6-4-9-3-5-13-7-9/h8-9,13,15H,2-7H2,1H3,(H,14,16). The number of H-pyrrole nitrogens is 1. The smallest absolute Gasteiger partial charge is 0.342 e. The molecule has 1 saturated heterocycles. The van der Waals surface area contributed by atoms with Crippen molar-refractivity contribution in [3.63, 3.8) is 0 Å². The van der Waals surface area contributed by atoms with Gasteiger partial charge in [-0.2, -0.15) is 5.10 Å². The van der Waals surface area contributed by atoms with Crippen LogP contribution in [0, 0.1) is 5.92 Å². The van der Waals surface area contributed by atoms with E-state index in [0.29, 0.717) is 12.5 Å². The second-order valence-electron chi connectivity index (χ2n) is 4.88. The molecule has 21 heavy (non-hydrogen) atoms. The van der Waals surface area contributed by atoms with Gasteiger partial charge in [-0.05, 0) is 38.8 Å². The summed E-state index contributed by atoms with van der Waals surface area (Å²) in [6.07, 6.45) is 2.97. The lowest BCUT2D eigenvalue weighted by Crippen LogP contribution is -2.28. The molecule has 0 saturated carbocycles. The Morgan fingerprint density at radius 1 is 1.57 bits per heavy atom. The van der Waals surface area contributed by atoms with Crippen molar-refractivity contribution < 1.29 is 17.9 Å². The van der Waals surface area contributed by atoms with Gasteiger partial charge in [0.25, 0.3) is 10.0 Å². The maximum atomic E-state index is 12.2. The molecule has 0 aliphatic carbocycles. The molecule has 8 nitrogen and oxygen atoms in total. The highest BCUT2D eigenvalue weighted by atomic mass is 32.2. The summed E-state index contributed by atoms with van der Waals surface area (Å²) < 4.78 is 31.7. The van der Waals surface area contributed by atoms with Gasteiger partial charge < -0.3 is 10.1 Å². The van der Waals surface area contributed by atoms with Crippen molar-refractivity contribution in [1.82, 2.24) is 20.2 Å².